The second-order valence-corrected chi connectivity index (χ2v) is 4.90. The van der Waals surface area contributed by atoms with Gasteiger partial charge in [0.2, 0.25) is 0 Å². The van der Waals surface area contributed by atoms with Crippen molar-refractivity contribution in [3.8, 4) is 0 Å². The number of halogens is 1. The van der Waals surface area contributed by atoms with Crippen molar-refractivity contribution in [1.29, 1.82) is 0 Å². The summed E-state index contributed by atoms with van der Waals surface area (Å²) in [6, 6.07) is 5.74. The molecule has 1 atom stereocenters. The Balaban J connectivity index is 2.59. The fraction of sp³-hybridized carbons (Fsp3) is 0.417. The average molecular weight is 285 g/mol. The zero-order valence-corrected chi connectivity index (χ0v) is 11.2. The van der Waals surface area contributed by atoms with E-state index in [-0.39, 0.29) is 11.9 Å². The van der Waals surface area contributed by atoms with Gasteiger partial charge in [-0.25, -0.2) is 0 Å². The lowest BCUT2D eigenvalue weighted by atomic mass is 10.1. The van der Waals surface area contributed by atoms with Crippen LogP contribution in [0, 0.1) is 6.92 Å². The van der Waals surface area contributed by atoms with Gasteiger partial charge in [-0.3, -0.25) is 4.79 Å². The van der Waals surface area contributed by atoms with Gasteiger partial charge >= 0.3 is 0 Å². The standard InChI is InChI=1S/C12H17BrN2O/c1-8-7-10(13)3-4-11(8)12(16)15-6-5-9(2)14/h3-4,7,9H,5-6,14H2,1-2H3,(H,15,16). The number of benzene rings is 1. The van der Waals surface area contributed by atoms with E-state index in [0.29, 0.717) is 12.1 Å². The molecule has 0 aromatic heterocycles. The Morgan fingerprint density at radius 3 is 2.81 bits per heavy atom. The van der Waals surface area contributed by atoms with Crippen molar-refractivity contribution in [3.63, 3.8) is 0 Å². The Kier molecular flexibility index (Phi) is 4.96. The van der Waals surface area contributed by atoms with Gasteiger partial charge in [0, 0.05) is 22.6 Å². The molecule has 3 nitrogen and oxygen atoms in total. The summed E-state index contributed by atoms with van der Waals surface area (Å²) in [5.41, 5.74) is 7.29. The average Bonchev–Trinajstić information content (AvgIpc) is 2.16. The molecule has 4 heteroatoms. The van der Waals surface area contributed by atoms with Crippen LogP contribution in [0.25, 0.3) is 0 Å². The van der Waals surface area contributed by atoms with Crippen molar-refractivity contribution in [3.05, 3.63) is 33.8 Å². The number of carbonyl (C=O) groups excluding carboxylic acids is 1. The minimum Gasteiger partial charge on any atom is -0.352 e. The van der Waals surface area contributed by atoms with E-state index in [1.54, 1.807) is 0 Å². The van der Waals surface area contributed by atoms with Crippen molar-refractivity contribution < 1.29 is 4.79 Å². The number of rotatable bonds is 4. The molecule has 88 valence electrons. The van der Waals surface area contributed by atoms with Crippen molar-refractivity contribution in [2.24, 2.45) is 5.73 Å². The second-order valence-electron chi connectivity index (χ2n) is 3.98. The molecule has 0 aliphatic heterocycles. The molecule has 0 spiro atoms. The van der Waals surface area contributed by atoms with Gasteiger partial charge in [0.15, 0.2) is 0 Å². The maximum atomic E-state index is 11.8. The first-order chi connectivity index (χ1) is 7.50. The summed E-state index contributed by atoms with van der Waals surface area (Å²) < 4.78 is 0.983. The Hall–Kier alpha value is -0.870. The van der Waals surface area contributed by atoms with Crippen molar-refractivity contribution >= 4 is 21.8 Å². The summed E-state index contributed by atoms with van der Waals surface area (Å²) in [5.74, 6) is -0.0364. The zero-order chi connectivity index (χ0) is 12.1. The van der Waals surface area contributed by atoms with Crippen molar-refractivity contribution in [1.82, 2.24) is 5.32 Å². The largest absolute Gasteiger partial charge is 0.352 e. The van der Waals surface area contributed by atoms with E-state index in [4.69, 9.17) is 5.73 Å². The van der Waals surface area contributed by atoms with E-state index < -0.39 is 0 Å². The molecule has 0 saturated carbocycles. The lowest BCUT2D eigenvalue weighted by Gasteiger charge is -2.09. The highest BCUT2D eigenvalue weighted by molar-refractivity contribution is 9.10. The maximum absolute atomic E-state index is 11.8. The Morgan fingerprint density at radius 1 is 1.56 bits per heavy atom. The first-order valence-electron chi connectivity index (χ1n) is 5.30. The molecule has 1 amide bonds. The molecule has 0 fully saturated rings. The van der Waals surface area contributed by atoms with Gasteiger partial charge in [-0.2, -0.15) is 0 Å². The minimum atomic E-state index is -0.0364. The summed E-state index contributed by atoms with van der Waals surface area (Å²) >= 11 is 3.37. The van der Waals surface area contributed by atoms with E-state index in [9.17, 15) is 4.79 Å². The van der Waals surface area contributed by atoms with E-state index >= 15 is 0 Å². The van der Waals surface area contributed by atoms with E-state index in [1.807, 2.05) is 32.0 Å². The van der Waals surface area contributed by atoms with Gasteiger partial charge in [0.05, 0.1) is 0 Å². The lowest BCUT2D eigenvalue weighted by molar-refractivity contribution is 0.0952. The van der Waals surface area contributed by atoms with Crippen LogP contribution in [0.4, 0.5) is 0 Å². The quantitative estimate of drug-likeness (QED) is 0.891. The molecule has 0 aliphatic carbocycles. The van der Waals surface area contributed by atoms with Crippen LogP contribution in [0.15, 0.2) is 22.7 Å². The number of hydrogen-bond donors (Lipinski definition) is 2. The summed E-state index contributed by atoms with van der Waals surface area (Å²) in [6.07, 6.45) is 0.793. The fourth-order valence-corrected chi connectivity index (χ4v) is 1.87. The molecular weight excluding hydrogens is 268 g/mol. The number of amides is 1. The van der Waals surface area contributed by atoms with Gasteiger partial charge in [-0.1, -0.05) is 15.9 Å². The summed E-state index contributed by atoms with van der Waals surface area (Å²) in [4.78, 5) is 11.8. The molecule has 0 radical (unpaired) electrons. The number of aryl methyl sites for hydroxylation is 1. The Bertz CT molecular complexity index is 377. The lowest BCUT2D eigenvalue weighted by Crippen LogP contribution is -2.29. The predicted molar refractivity (Wildman–Crippen MR) is 69.5 cm³/mol. The predicted octanol–water partition coefficient (Wildman–Crippen LogP) is 2.22. The molecule has 16 heavy (non-hydrogen) atoms. The van der Waals surface area contributed by atoms with Gasteiger partial charge < -0.3 is 11.1 Å². The van der Waals surface area contributed by atoms with Crippen LogP contribution < -0.4 is 11.1 Å². The molecule has 0 saturated heterocycles. The number of carbonyl (C=O) groups is 1. The first kappa shape index (κ1) is 13.2. The molecule has 1 rings (SSSR count). The summed E-state index contributed by atoms with van der Waals surface area (Å²) in [5, 5.41) is 2.86. The first-order valence-corrected chi connectivity index (χ1v) is 6.10. The zero-order valence-electron chi connectivity index (χ0n) is 9.59. The van der Waals surface area contributed by atoms with E-state index in [2.05, 4.69) is 21.2 Å². The minimum absolute atomic E-state index is 0.0364. The third-order valence-electron chi connectivity index (χ3n) is 2.32. The molecule has 1 aromatic rings. The summed E-state index contributed by atoms with van der Waals surface area (Å²) in [6.45, 7) is 4.47. The van der Waals surface area contributed by atoms with Crippen LogP contribution in [-0.4, -0.2) is 18.5 Å². The fourth-order valence-electron chi connectivity index (χ4n) is 1.39. The van der Waals surface area contributed by atoms with Crippen LogP contribution >= 0.6 is 15.9 Å². The van der Waals surface area contributed by atoms with Crippen LogP contribution in [0.2, 0.25) is 0 Å². The normalized spacial score (nSPS) is 12.2. The molecule has 1 aromatic carbocycles. The number of nitrogens with one attached hydrogen (secondary N) is 1. The van der Waals surface area contributed by atoms with E-state index in [1.165, 1.54) is 0 Å². The van der Waals surface area contributed by atoms with Crippen LogP contribution in [0.5, 0.6) is 0 Å². The van der Waals surface area contributed by atoms with Crippen molar-refractivity contribution in [2.75, 3.05) is 6.54 Å². The highest BCUT2D eigenvalue weighted by atomic mass is 79.9. The molecule has 0 bridgehead atoms. The van der Waals surface area contributed by atoms with Crippen molar-refractivity contribution in [2.45, 2.75) is 26.3 Å². The third-order valence-corrected chi connectivity index (χ3v) is 2.81. The smallest absolute Gasteiger partial charge is 0.251 e. The summed E-state index contributed by atoms with van der Waals surface area (Å²) in [7, 11) is 0. The van der Waals surface area contributed by atoms with Crippen LogP contribution in [0.3, 0.4) is 0 Å². The molecule has 3 N–H and O–H groups in total. The molecule has 0 aliphatic rings. The van der Waals surface area contributed by atoms with E-state index in [0.717, 1.165) is 16.5 Å². The number of hydrogen-bond acceptors (Lipinski definition) is 2. The highest BCUT2D eigenvalue weighted by Crippen LogP contribution is 2.15. The van der Waals surface area contributed by atoms with Crippen LogP contribution in [-0.2, 0) is 0 Å². The third kappa shape index (κ3) is 3.94. The van der Waals surface area contributed by atoms with Gasteiger partial charge in [0.1, 0.15) is 0 Å². The second kappa shape index (κ2) is 6.01. The Morgan fingerprint density at radius 2 is 2.25 bits per heavy atom. The van der Waals surface area contributed by atoms with Gasteiger partial charge in [-0.05, 0) is 44.0 Å². The monoisotopic (exact) mass is 284 g/mol. The number of nitrogens with two attached hydrogens (primary N) is 1. The maximum Gasteiger partial charge on any atom is 0.251 e. The topological polar surface area (TPSA) is 55.1 Å². The highest BCUT2D eigenvalue weighted by Gasteiger charge is 2.08. The SMILES string of the molecule is Cc1cc(Br)ccc1C(=O)NCCC(C)N. The Labute approximate surface area is 105 Å². The molecule has 1 unspecified atom stereocenters. The molecular formula is C12H17BrN2O. The molecule has 0 heterocycles. The van der Waals surface area contributed by atoms with Crippen LogP contribution in [0.1, 0.15) is 29.3 Å². The van der Waals surface area contributed by atoms with Gasteiger partial charge in [0.25, 0.3) is 5.91 Å². The van der Waals surface area contributed by atoms with Gasteiger partial charge in [-0.15, -0.1) is 0 Å².